The van der Waals surface area contributed by atoms with Crippen LogP contribution in [0.4, 0.5) is 0 Å². The van der Waals surface area contributed by atoms with Crippen molar-refractivity contribution in [1.82, 2.24) is 10.3 Å². The van der Waals surface area contributed by atoms with Crippen LogP contribution in [0.1, 0.15) is 34.8 Å². The molecule has 0 spiro atoms. The van der Waals surface area contributed by atoms with Gasteiger partial charge >= 0.3 is 0 Å². The molecule has 0 aromatic carbocycles. The third-order valence-corrected chi connectivity index (χ3v) is 4.13. The van der Waals surface area contributed by atoms with Crippen molar-refractivity contribution in [3.63, 3.8) is 0 Å². The van der Waals surface area contributed by atoms with Crippen LogP contribution in [0.5, 0.6) is 0 Å². The minimum atomic E-state index is 0.731. The molecule has 14 heavy (non-hydrogen) atoms. The van der Waals surface area contributed by atoms with Crippen LogP contribution in [0.25, 0.3) is 0 Å². The first-order valence-corrected chi connectivity index (χ1v) is 6.34. The Hall–Kier alpha value is -0.410. The van der Waals surface area contributed by atoms with Gasteiger partial charge in [0.25, 0.3) is 0 Å². The van der Waals surface area contributed by atoms with Crippen molar-refractivity contribution in [3.8, 4) is 0 Å². The molecule has 3 rings (SSSR count). The van der Waals surface area contributed by atoms with E-state index in [1.165, 1.54) is 47.7 Å². The Morgan fingerprint density at radius 1 is 1.29 bits per heavy atom. The Bertz CT molecular complexity index is 341. The van der Waals surface area contributed by atoms with E-state index in [9.17, 15) is 0 Å². The van der Waals surface area contributed by atoms with Gasteiger partial charge in [-0.2, -0.15) is 0 Å². The lowest BCUT2D eigenvalue weighted by molar-refractivity contribution is 0.456. The predicted molar refractivity (Wildman–Crippen MR) is 58.8 cm³/mol. The Labute approximate surface area is 88.7 Å². The number of hydrogen-bond donors (Lipinski definition) is 1. The summed E-state index contributed by atoms with van der Waals surface area (Å²) in [5, 5.41) is 4.96. The number of rotatable bonds is 2. The van der Waals surface area contributed by atoms with E-state index < -0.39 is 0 Å². The van der Waals surface area contributed by atoms with Crippen LogP contribution < -0.4 is 5.32 Å². The molecule has 0 saturated heterocycles. The van der Waals surface area contributed by atoms with E-state index in [0.717, 1.165) is 12.1 Å². The highest BCUT2D eigenvalue weighted by Crippen LogP contribution is 2.28. The zero-order valence-electron chi connectivity index (χ0n) is 8.55. The first-order valence-electron chi connectivity index (χ1n) is 5.52. The van der Waals surface area contributed by atoms with Crippen molar-refractivity contribution >= 4 is 11.3 Å². The summed E-state index contributed by atoms with van der Waals surface area (Å²) >= 11 is 1.89. The molecule has 0 aliphatic heterocycles. The lowest BCUT2D eigenvalue weighted by Crippen LogP contribution is -2.35. The van der Waals surface area contributed by atoms with Gasteiger partial charge in [-0.15, -0.1) is 11.3 Å². The second kappa shape index (κ2) is 3.31. The Morgan fingerprint density at radius 2 is 2.14 bits per heavy atom. The highest BCUT2D eigenvalue weighted by Gasteiger charge is 2.28. The Balaban J connectivity index is 1.71. The highest BCUT2D eigenvalue weighted by atomic mass is 32.1. The normalized spacial score (nSPS) is 26.2. The van der Waals surface area contributed by atoms with Crippen LogP contribution in [0.15, 0.2) is 0 Å². The number of thiazole rings is 1. The van der Waals surface area contributed by atoms with Gasteiger partial charge in [0.15, 0.2) is 0 Å². The molecule has 1 heterocycles. The molecule has 0 bridgehead atoms. The van der Waals surface area contributed by atoms with E-state index in [-0.39, 0.29) is 0 Å². The van der Waals surface area contributed by atoms with E-state index >= 15 is 0 Å². The van der Waals surface area contributed by atoms with Gasteiger partial charge in [-0.25, -0.2) is 4.98 Å². The smallest absolute Gasteiger partial charge is 0.0900 e. The first kappa shape index (κ1) is 8.86. The molecule has 2 aliphatic rings. The summed E-state index contributed by atoms with van der Waals surface area (Å²) in [6.45, 7) is 2.12. The monoisotopic (exact) mass is 208 g/mol. The third kappa shape index (κ3) is 1.71. The van der Waals surface area contributed by atoms with Crippen molar-refractivity contribution < 1.29 is 0 Å². The molecule has 1 aromatic rings. The number of nitrogens with one attached hydrogen (secondary N) is 1. The summed E-state index contributed by atoms with van der Waals surface area (Å²) in [5.41, 5.74) is 1.38. The molecule has 2 nitrogen and oxygen atoms in total. The lowest BCUT2D eigenvalue weighted by atomic mass is 9.97. The third-order valence-electron chi connectivity index (χ3n) is 3.10. The molecule has 1 atom stereocenters. The standard InChI is InChI=1S/C11H16N2S/c1-7-12-10-5-4-9(6-11(10)14-7)13-8-2-3-8/h8-9,13H,2-6H2,1H3. The molecule has 1 N–H and O–H groups in total. The van der Waals surface area contributed by atoms with Crippen molar-refractivity contribution in [1.29, 1.82) is 0 Å². The maximum absolute atomic E-state index is 4.57. The molecule has 0 amide bonds. The SMILES string of the molecule is Cc1nc2c(s1)CC(NC1CC1)CC2. The van der Waals surface area contributed by atoms with Crippen LogP contribution >= 0.6 is 11.3 Å². The zero-order valence-corrected chi connectivity index (χ0v) is 9.36. The summed E-state index contributed by atoms with van der Waals surface area (Å²) < 4.78 is 0. The van der Waals surface area contributed by atoms with Crippen LogP contribution in [0, 0.1) is 6.92 Å². The predicted octanol–water partition coefficient (Wildman–Crippen LogP) is 2.06. The fourth-order valence-electron chi connectivity index (χ4n) is 2.23. The molecule has 76 valence electrons. The number of fused-ring (bicyclic) bond motifs is 1. The van der Waals surface area contributed by atoms with E-state index in [0.29, 0.717) is 0 Å². The largest absolute Gasteiger partial charge is 0.311 e. The number of hydrogen-bond acceptors (Lipinski definition) is 3. The van der Waals surface area contributed by atoms with Crippen LogP contribution in [-0.2, 0) is 12.8 Å². The van der Waals surface area contributed by atoms with Crippen molar-refractivity contribution in [2.75, 3.05) is 0 Å². The number of aryl methyl sites for hydroxylation is 2. The minimum Gasteiger partial charge on any atom is -0.311 e. The quantitative estimate of drug-likeness (QED) is 0.804. The fraction of sp³-hybridized carbons (Fsp3) is 0.727. The van der Waals surface area contributed by atoms with Crippen molar-refractivity contribution in [3.05, 3.63) is 15.6 Å². The summed E-state index contributed by atoms with van der Waals surface area (Å²) in [6.07, 6.45) is 6.48. The second-order valence-corrected chi connectivity index (χ2v) is 5.77. The average Bonchev–Trinajstić information content (AvgIpc) is 2.86. The molecule has 1 aromatic heterocycles. The van der Waals surface area contributed by atoms with Gasteiger partial charge in [-0.1, -0.05) is 0 Å². The van der Waals surface area contributed by atoms with E-state index in [1.54, 1.807) is 0 Å². The molecule has 0 radical (unpaired) electrons. The Morgan fingerprint density at radius 3 is 2.93 bits per heavy atom. The lowest BCUT2D eigenvalue weighted by Gasteiger charge is -2.22. The Kier molecular flexibility index (Phi) is 2.10. The van der Waals surface area contributed by atoms with Crippen LogP contribution in [0.3, 0.4) is 0 Å². The fourth-order valence-corrected chi connectivity index (χ4v) is 3.29. The van der Waals surface area contributed by atoms with Gasteiger partial charge < -0.3 is 5.32 Å². The molecular weight excluding hydrogens is 192 g/mol. The van der Waals surface area contributed by atoms with E-state index in [1.807, 2.05) is 11.3 Å². The minimum absolute atomic E-state index is 0.731. The summed E-state index contributed by atoms with van der Waals surface area (Å²) in [7, 11) is 0. The van der Waals surface area contributed by atoms with Gasteiger partial charge in [0.05, 0.1) is 10.7 Å². The van der Waals surface area contributed by atoms with E-state index in [2.05, 4.69) is 17.2 Å². The van der Waals surface area contributed by atoms with Crippen molar-refractivity contribution in [2.24, 2.45) is 0 Å². The number of nitrogens with zero attached hydrogens (tertiary/aromatic N) is 1. The molecule has 3 heteroatoms. The van der Waals surface area contributed by atoms with E-state index in [4.69, 9.17) is 0 Å². The van der Waals surface area contributed by atoms with Gasteiger partial charge in [-0.3, -0.25) is 0 Å². The second-order valence-electron chi connectivity index (χ2n) is 4.48. The summed E-state index contributed by atoms with van der Waals surface area (Å²) in [5.74, 6) is 0. The summed E-state index contributed by atoms with van der Waals surface area (Å²) in [6, 6.07) is 1.57. The van der Waals surface area contributed by atoms with Crippen LogP contribution in [-0.4, -0.2) is 17.1 Å². The maximum Gasteiger partial charge on any atom is 0.0900 e. The zero-order chi connectivity index (χ0) is 9.54. The number of aromatic nitrogens is 1. The molecule has 2 aliphatic carbocycles. The topological polar surface area (TPSA) is 24.9 Å². The molecule has 1 fully saturated rings. The first-order chi connectivity index (χ1) is 6.81. The molecular formula is C11H16N2S. The maximum atomic E-state index is 4.57. The van der Waals surface area contributed by atoms with Gasteiger partial charge in [-0.05, 0) is 39.0 Å². The van der Waals surface area contributed by atoms with Gasteiger partial charge in [0, 0.05) is 17.0 Å². The molecule has 1 saturated carbocycles. The average molecular weight is 208 g/mol. The molecule has 1 unspecified atom stereocenters. The summed E-state index contributed by atoms with van der Waals surface area (Å²) in [4.78, 5) is 6.11. The van der Waals surface area contributed by atoms with Crippen molar-refractivity contribution in [2.45, 2.75) is 51.1 Å². The van der Waals surface area contributed by atoms with Gasteiger partial charge in [0.2, 0.25) is 0 Å². The van der Waals surface area contributed by atoms with Crippen LogP contribution in [0.2, 0.25) is 0 Å². The highest BCUT2D eigenvalue weighted by molar-refractivity contribution is 7.11. The van der Waals surface area contributed by atoms with Gasteiger partial charge in [0.1, 0.15) is 0 Å².